The van der Waals surface area contributed by atoms with Gasteiger partial charge in [0.05, 0.1) is 11.6 Å². The van der Waals surface area contributed by atoms with Gasteiger partial charge in [-0.3, -0.25) is 0 Å². The second kappa shape index (κ2) is 5.94. The molecule has 3 aliphatic rings. The molecule has 1 aromatic rings. The van der Waals surface area contributed by atoms with Crippen molar-refractivity contribution in [3.8, 4) is 6.07 Å². The summed E-state index contributed by atoms with van der Waals surface area (Å²) < 4.78 is 39.4. The van der Waals surface area contributed by atoms with Crippen LogP contribution in [0.4, 0.5) is 18.9 Å². The minimum Gasteiger partial charge on any atom is -0.381 e. The molecule has 0 spiro atoms. The lowest BCUT2D eigenvalue weighted by atomic mass is 9.73. The molecule has 0 bridgehead atoms. The van der Waals surface area contributed by atoms with E-state index in [1.54, 1.807) is 6.07 Å². The van der Waals surface area contributed by atoms with Crippen LogP contribution in [0.1, 0.15) is 36.3 Å². The van der Waals surface area contributed by atoms with Gasteiger partial charge in [0.2, 0.25) is 0 Å². The largest absolute Gasteiger partial charge is 0.416 e. The number of anilines is 1. The summed E-state index contributed by atoms with van der Waals surface area (Å²) in [7, 11) is 0. The molecule has 0 amide bonds. The molecule has 1 aromatic carbocycles. The Balaban J connectivity index is 1.74. The third-order valence-electron chi connectivity index (χ3n) is 5.83. The van der Waals surface area contributed by atoms with Gasteiger partial charge in [-0.15, -0.1) is 0 Å². The van der Waals surface area contributed by atoms with Crippen molar-refractivity contribution >= 4 is 5.69 Å². The molecule has 1 unspecified atom stereocenters. The average molecular weight is 344 g/mol. The molecule has 1 fully saturated rings. The predicted octanol–water partition coefficient (Wildman–Crippen LogP) is 5.27. The van der Waals surface area contributed by atoms with Crippen molar-refractivity contribution in [1.29, 1.82) is 5.26 Å². The van der Waals surface area contributed by atoms with Crippen molar-refractivity contribution in [2.75, 3.05) is 5.32 Å². The SMILES string of the molecule is N#C[C@@H]1C[C@@H]2[C@H](C1)c1cc(C(F)(F)F)ccc1N[C@H]2C1C=CC=CC1. The van der Waals surface area contributed by atoms with Crippen molar-refractivity contribution in [3.05, 3.63) is 53.6 Å². The number of benzene rings is 1. The molecule has 1 heterocycles. The number of nitriles is 1. The van der Waals surface area contributed by atoms with E-state index in [9.17, 15) is 18.4 Å². The molecular weight excluding hydrogens is 325 g/mol. The molecule has 0 saturated heterocycles. The molecule has 1 saturated carbocycles. The summed E-state index contributed by atoms with van der Waals surface area (Å²) in [6.45, 7) is 0. The zero-order chi connectivity index (χ0) is 17.6. The van der Waals surface area contributed by atoms with Crippen LogP contribution in [0.15, 0.2) is 42.5 Å². The number of halogens is 3. The molecule has 1 N–H and O–H groups in total. The predicted molar refractivity (Wildman–Crippen MR) is 89.8 cm³/mol. The zero-order valence-corrected chi connectivity index (χ0v) is 13.6. The molecule has 4 rings (SSSR count). The molecule has 25 heavy (non-hydrogen) atoms. The van der Waals surface area contributed by atoms with Crippen LogP contribution in [0.5, 0.6) is 0 Å². The second-order valence-electron chi connectivity index (χ2n) is 7.25. The van der Waals surface area contributed by atoms with Crippen LogP contribution >= 0.6 is 0 Å². The normalized spacial score (nSPS) is 33.3. The molecule has 2 nitrogen and oxygen atoms in total. The van der Waals surface area contributed by atoms with Crippen molar-refractivity contribution in [2.45, 2.75) is 37.4 Å². The maximum Gasteiger partial charge on any atom is 0.416 e. The monoisotopic (exact) mass is 344 g/mol. The fourth-order valence-corrected chi connectivity index (χ4v) is 4.68. The van der Waals surface area contributed by atoms with Crippen molar-refractivity contribution in [1.82, 2.24) is 0 Å². The molecule has 0 aromatic heterocycles. The minimum absolute atomic E-state index is 0.0208. The summed E-state index contributed by atoms with van der Waals surface area (Å²) in [5.41, 5.74) is 0.913. The first kappa shape index (κ1) is 16.3. The van der Waals surface area contributed by atoms with E-state index in [4.69, 9.17) is 0 Å². The summed E-state index contributed by atoms with van der Waals surface area (Å²) in [6, 6.07) is 6.49. The highest BCUT2D eigenvalue weighted by molar-refractivity contribution is 5.59. The number of alkyl halides is 3. The van der Waals surface area contributed by atoms with Gasteiger partial charge in [-0.1, -0.05) is 24.3 Å². The number of nitrogens with one attached hydrogen (secondary N) is 1. The maximum absolute atomic E-state index is 13.1. The van der Waals surface area contributed by atoms with Gasteiger partial charge in [0.1, 0.15) is 0 Å². The lowest BCUT2D eigenvalue weighted by Gasteiger charge is -2.41. The van der Waals surface area contributed by atoms with Gasteiger partial charge in [-0.05, 0) is 54.9 Å². The standard InChI is InChI=1S/C20H19F3N2/c21-20(22,23)14-6-7-18-16(10-14)15-8-12(11-24)9-17(15)19(25-18)13-4-2-1-3-5-13/h1-4,6-7,10,12-13,15,17,19,25H,5,8-9H2/t12-,13?,15+,17+,19-/m0/s1. The summed E-state index contributed by atoms with van der Waals surface area (Å²) in [5, 5.41) is 12.9. The van der Waals surface area contributed by atoms with Gasteiger partial charge in [-0.25, -0.2) is 0 Å². The van der Waals surface area contributed by atoms with Gasteiger partial charge in [0.15, 0.2) is 0 Å². The van der Waals surface area contributed by atoms with E-state index in [1.807, 2.05) is 12.2 Å². The lowest BCUT2D eigenvalue weighted by Crippen LogP contribution is -2.41. The van der Waals surface area contributed by atoms with Gasteiger partial charge in [-0.2, -0.15) is 18.4 Å². The Morgan fingerprint density at radius 1 is 1.16 bits per heavy atom. The highest BCUT2D eigenvalue weighted by atomic mass is 19.4. The average Bonchev–Trinajstić information content (AvgIpc) is 3.05. The highest BCUT2D eigenvalue weighted by Crippen LogP contribution is 2.53. The van der Waals surface area contributed by atoms with E-state index >= 15 is 0 Å². The first-order chi connectivity index (χ1) is 12.0. The summed E-state index contributed by atoms with van der Waals surface area (Å²) >= 11 is 0. The Hall–Kier alpha value is -2.22. The second-order valence-corrected chi connectivity index (χ2v) is 7.25. The number of fused-ring (bicyclic) bond motifs is 3. The molecule has 1 aliphatic heterocycles. The first-order valence-electron chi connectivity index (χ1n) is 8.68. The first-order valence-corrected chi connectivity index (χ1v) is 8.68. The van der Waals surface area contributed by atoms with E-state index in [1.165, 1.54) is 6.07 Å². The van der Waals surface area contributed by atoms with E-state index in [0.717, 1.165) is 30.2 Å². The number of nitrogens with zero attached hydrogens (tertiary/aromatic N) is 1. The van der Waals surface area contributed by atoms with Crippen LogP contribution in [0.2, 0.25) is 0 Å². The summed E-state index contributed by atoms with van der Waals surface area (Å²) in [5.74, 6) is 0.447. The van der Waals surface area contributed by atoms with Gasteiger partial charge in [0.25, 0.3) is 0 Å². The Morgan fingerprint density at radius 2 is 2.00 bits per heavy atom. The summed E-state index contributed by atoms with van der Waals surface area (Å²) in [4.78, 5) is 0. The van der Waals surface area contributed by atoms with Gasteiger partial charge < -0.3 is 5.32 Å². The summed E-state index contributed by atoms with van der Waals surface area (Å²) in [6.07, 6.45) is 6.33. The maximum atomic E-state index is 13.1. The highest BCUT2D eigenvalue weighted by Gasteiger charge is 2.46. The Kier molecular flexibility index (Phi) is 3.87. The van der Waals surface area contributed by atoms with Gasteiger partial charge >= 0.3 is 6.18 Å². The van der Waals surface area contributed by atoms with Crippen LogP contribution in [0, 0.1) is 29.1 Å². The Labute approximate surface area is 145 Å². The van der Waals surface area contributed by atoms with E-state index in [-0.39, 0.29) is 23.8 Å². The van der Waals surface area contributed by atoms with Gasteiger partial charge in [0, 0.05) is 23.6 Å². The van der Waals surface area contributed by atoms with Crippen molar-refractivity contribution in [3.63, 3.8) is 0 Å². The fraction of sp³-hybridized carbons (Fsp3) is 0.450. The van der Waals surface area contributed by atoms with Crippen LogP contribution in [0.3, 0.4) is 0 Å². The van der Waals surface area contributed by atoms with E-state index in [2.05, 4.69) is 23.5 Å². The van der Waals surface area contributed by atoms with Crippen molar-refractivity contribution < 1.29 is 13.2 Å². The molecule has 0 radical (unpaired) electrons. The fourth-order valence-electron chi connectivity index (χ4n) is 4.68. The zero-order valence-electron chi connectivity index (χ0n) is 13.6. The topological polar surface area (TPSA) is 35.8 Å². The molecule has 130 valence electrons. The molecule has 5 atom stereocenters. The quantitative estimate of drug-likeness (QED) is 0.754. The van der Waals surface area contributed by atoms with Crippen molar-refractivity contribution in [2.24, 2.45) is 17.8 Å². The lowest BCUT2D eigenvalue weighted by molar-refractivity contribution is -0.137. The molecule has 5 heteroatoms. The Bertz CT molecular complexity index is 772. The number of hydrogen-bond donors (Lipinski definition) is 1. The molecule has 2 aliphatic carbocycles. The number of allylic oxidation sites excluding steroid dienone is 3. The number of rotatable bonds is 1. The third kappa shape index (κ3) is 2.84. The molecular formula is C20H19F3N2. The van der Waals surface area contributed by atoms with Crippen LogP contribution in [-0.4, -0.2) is 6.04 Å². The van der Waals surface area contributed by atoms with E-state index < -0.39 is 11.7 Å². The third-order valence-corrected chi connectivity index (χ3v) is 5.83. The smallest absolute Gasteiger partial charge is 0.381 e. The van der Waals surface area contributed by atoms with E-state index in [0.29, 0.717) is 12.3 Å². The van der Waals surface area contributed by atoms with Crippen LogP contribution in [0.25, 0.3) is 0 Å². The number of hydrogen-bond acceptors (Lipinski definition) is 2. The Morgan fingerprint density at radius 3 is 2.68 bits per heavy atom. The van der Waals surface area contributed by atoms with Crippen LogP contribution in [-0.2, 0) is 6.18 Å². The van der Waals surface area contributed by atoms with Crippen LogP contribution < -0.4 is 5.32 Å². The minimum atomic E-state index is -4.34.